The quantitative estimate of drug-likeness (QED) is 0.392. The second kappa shape index (κ2) is 8.34. The van der Waals surface area contributed by atoms with Crippen LogP contribution < -0.4 is 11.1 Å². The summed E-state index contributed by atoms with van der Waals surface area (Å²) in [6, 6.07) is 0.848. The van der Waals surface area contributed by atoms with Gasteiger partial charge in [0.2, 0.25) is 0 Å². The molecule has 0 spiro atoms. The Morgan fingerprint density at radius 2 is 1.64 bits per heavy atom. The molecule has 0 amide bonds. The van der Waals surface area contributed by atoms with Crippen molar-refractivity contribution in [1.29, 1.82) is 0 Å². The van der Waals surface area contributed by atoms with E-state index in [0.29, 0.717) is 0 Å². The molecule has 0 atom stereocenters. The molecule has 0 saturated heterocycles. The lowest BCUT2D eigenvalue weighted by Gasteiger charge is -2.24. The minimum Gasteiger partial charge on any atom is -0.377 e. The van der Waals surface area contributed by atoms with Crippen LogP contribution in [0.2, 0.25) is 6.04 Å². The normalized spacial score (nSPS) is 12.0. The summed E-state index contributed by atoms with van der Waals surface area (Å²) >= 11 is 0. The van der Waals surface area contributed by atoms with E-state index in [1.54, 1.807) is 21.3 Å². The predicted molar refractivity (Wildman–Crippen MR) is 56.8 cm³/mol. The van der Waals surface area contributed by atoms with Crippen LogP contribution in [0, 0.1) is 0 Å². The van der Waals surface area contributed by atoms with Crippen molar-refractivity contribution in [3.05, 3.63) is 0 Å². The van der Waals surface area contributed by atoms with Crippen LogP contribution >= 0.6 is 0 Å². The van der Waals surface area contributed by atoms with E-state index in [2.05, 4.69) is 11.1 Å². The first-order valence-electron chi connectivity index (χ1n) is 4.90. The van der Waals surface area contributed by atoms with Crippen LogP contribution in [0.3, 0.4) is 0 Å². The second-order valence-corrected chi connectivity index (χ2v) is 6.09. The predicted octanol–water partition coefficient (Wildman–Crippen LogP) is -0.914. The minimum atomic E-state index is -2.33. The largest absolute Gasteiger partial charge is 0.500 e. The smallest absolute Gasteiger partial charge is 0.377 e. The van der Waals surface area contributed by atoms with Crippen molar-refractivity contribution in [2.45, 2.75) is 12.5 Å². The van der Waals surface area contributed by atoms with Gasteiger partial charge in [-0.1, -0.05) is 0 Å². The van der Waals surface area contributed by atoms with Gasteiger partial charge in [-0.05, 0) is 13.0 Å². The highest BCUT2D eigenvalue weighted by Crippen LogP contribution is 2.13. The molecule has 0 heterocycles. The molecule has 0 aliphatic heterocycles. The van der Waals surface area contributed by atoms with Gasteiger partial charge < -0.3 is 24.3 Å². The molecule has 0 unspecified atom stereocenters. The molecular formula is C8H23N2O3Si+. The Bertz CT molecular complexity index is 125. The average Bonchev–Trinajstić information content (AvgIpc) is 2.24. The van der Waals surface area contributed by atoms with Gasteiger partial charge in [0.1, 0.15) is 0 Å². The van der Waals surface area contributed by atoms with Crippen molar-refractivity contribution < 1.29 is 19.0 Å². The van der Waals surface area contributed by atoms with Crippen molar-refractivity contribution in [3.63, 3.8) is 0 Å². The first-order valence-corrected chi connectivity index (χ1v) is 6.83. The van der Waals surface area contributed by atoms with Gasteiger partial charge in [0, 0.05) is 33.9 Å². The van der Waals surface area contributed by atoms with Gasteiger partial charge in [0.25, 0.3) is 0 Å². The van der Waals surface area contributed by atoms with E-state index in [-0.39, 0.29) is 0 Å². The van der Waals surface area contributed by atoms with E-state index in [0.717, 1.165) is 32.1 Å². The lowest BCUT2D eigenvalue weighted by molar-refractivity contribution is -0.365. The fourth-order valence-electron chi connectivity index (χ4n) is 1.24. The van der Waals surface area contributed by atoms with Gasteiger partial charge in [-0.3, -0.25) is 0 Å². The van der Waals surface area contributed by atoms with Crippen LogP contribution in [0.25, 0.3) is 0 Å². The average molecular weight is 223 g/mol. The molecule has 4 N–H and O–H groups in total. The van der Waals surface area contributed by atoms with Crippen LogP contribution in [0.15, 0.2) is 0 Å². The first kappa shape index (κ1) is 14.0. The summed E-state index contributed by atoms with van der Waals surface area (Å²) in [7, 11) is 2.59. The molecule has 6 heteroatoms. The van der Waals surface area contributed by atoms with Gasteiger partial charge in [0.05, 0.1) is 6.54 Å². The van der Waals surface area contributed by atoms with E-state index in [4.69, 9.17) is 13.3 Å². The van der Waals surface area contributed by atoms with E-state index in [9.17, 15) is 0 Å². The Labute approximate surface area is 87.3 Å². The van der Waals surface area contributed by atoms with E-state index >= 15 is 0 Å². The van der Waals surface area contributed by atoms with E-state index in [1.165, 1.54) is 0 Å². The Hall–Kier alpha value is 0.0169. The number of hydrogen-bond donors (Lipinski definition) is 2. The highest BCUT2D eigenvalue weighted by molar-refractivity contribution is 6.60. The topological polar surface area (TPSA) is 67.4 Å². The summed E-state index contributed by atoms with van der Waals surface area (Å²) in [6.07, 6.45) is 1.00. The lowest BCUT2D eigenvalue weighted by atomic mass is 10.5. The maximum absolute atomic E-state index is 5.30. The van der Waals surface area contributed by atoms with Crippen molar-refractivity contribution >= 4 is 8.80 Å². The van der Waals surface area contributed by atoms with Gasteiger partial charge in [-0.25, -0.2) is 0 Å². The molecule has 0 aromatic heterocycles. The highest BCUT2D eigenvalue weighted by Gasteiger charge is 2.36. The minimum absolute atomic E-state index is 0.848. The zero-order valence-corrected chi connectivity index (χ0v) is 10.5. The molecule has 0 saturated carbocycles. The van der Waals surface area contributed by atoms with Crippen LogP contribution in [0.1, 0.15) is 6.42 Å². The molecule has 0 bridgehead atoms. The molecule has 0 aromatic carbocycles. The third-order valence-corrected chi connectivity index (χ3v) is 4.96. The molecule has 86 valence electrons. The van der Waals surface area contributed by atoms with Crippen LogP contribution in [0.4, 0.5) is 0 Å². The molecular weight excluding hydrogens is 200 g/mol. The summed E-state index contributed by atoms with van der Waals surface area (Å²) in [4.78, 5) is 0. The zero-order chi connectivity index (χ0) is 10.9. The third-order valence-electron chi connectivity index (χ3n) is 2.12. The number of rotatable bonds is 9. The molecule has 0 radical (unpaired) electrons. The van der Waals surface area contributed by atoms with Crippen molar-refractivity contribution in [2.75, 3.05) is 41.0 Å². The summed E-state index contributed by atoms with van der Waals surface area (Å²) in [5.74, 6) is 0. The number of hydrogen-bond acceptors (Lipinski definition) is 4. The fourth-order valence-corrected chi connectivity index (χ4v) is 2.96. The van der Waals surface area contributed by atoms with Crippen molar-refractivity contribution in [1.82, 2.24) is 5.32 Å². The number of nitrogens with one attached hydrogen (secondary N) is 1. The monoisotopic (exact) mass is 223 g/mol. The maximum atomic E-state index is 5.30. The fraction of sp³-hybridized carbons (Fsp3) is 1.00. The van der Waals surface area contributed by atoms with E-state index < -0.39 is 8.80 Å². The molecule has 0 rings (SSSR count). The first-order chi connectivity index (χ1) is 6.74. The SMILES string of the molecule is CO[Si](CCCNCC[NH3+])(OC)OC. The standard InChI is InChI=1S/C8H22N2O3Si/c1-11-14(12-2,13-3)8-4-6-10-7-5-9/h10H,4-9H2,1-3H3/p+1. The zero-order valence-electron chi connectivity index (χ0n) is 9.47. The summed E-state index contributed by atoms with van der Waals surface area (Å²) in [5, 5.41) is 3.27. The molecule has 0 aliphatic rings. The van der Waals surface area contributed by atoms with Crippen molar-refractivity contribution in [2.24, 2.45) is 0 Å². The van der Waals surface area contributed by atoms with Crippen LogP contribution in [-0.2, 0) is 13.3 Å². The van der Waals surface area contributed by atoms with Gasteiger partial charge in [0.15, 0.2) is 0 Å². The summed E-state index contributed by atoms with van der Waals surface area (Å²) < 4.78 is 15.9. The van der Waals surface area contributed by atoms with Gasteiger partial charge >= 0.3 is 8.80 Å². The molecule has 5 nitrogen and oxygen atoms in total. The molecule has 0 aromatic rings. The van der Waals surface area contributed by atoms with Gasteiger partial charge in [-0.15, -0.1) is 0 Å². The maximum Gasteiger partial charge on any atom is 0.500 e. The molecule has 14 heavy (non-hydrogen) atoms. The Morgan fingerprint density at radius 3 is 2.07 bits per heavy atom. The Morgan fingerprint density at radius 1 is 1.07 bits per heavy atom. The molecule has 0 aliphatic carbocycles. The van der Waals surface area contributed by atoms with Crippen LogP contribution in [-0.4, -0.2) is 49.8 Å². The lowest BCUT2D eigenvalue weighted by Crippen LogP contribution is -2.54. The van der Waals surface area contributed by atoms with Crippen molar-refractivity contribution in [3.8, 4) is 0 Å². The third kappa shape index (κ3) is 5.04. The van der Waals surface area contributed by atoms with Gasteiger partial charge in [-0.2, -0.15) is 0 Å². The molecule has 0 fully saturated rings. The highest BCUT2D eigenvalue weighted by atomic mass is 28.4. The Balaban J connectivity index is 3.61. The summed E-state index contributed by atoms with van der Waals surface area (Å²) in [6.45, 7) is 2.84. The summed E-state index contributed by atoms with van der Waals surface area (Å²) in [5.41, 5.74) is 3.75. The van der Waals surface area contributed by atoms with Crippen LogP contribution in [0.5, 0.6) is 0 Å². The van der Waals surface area contributed by atoms with E-state index in [1.807, 2.05) is 0 Å². The second-order valence-electron chi connectivity index (χ2n) is 3.00. The Kier molecular flexibility index (Phi) is 8.35. The number of quaternary nitrogens is 1.